The molecule has 1 aromatic heterocycles. The van der Waals surface area contributed by atoms with Crippen LogP contribution in [0.5, 0.6) is 5.88 Å². The molecule has 6 nitrogen and oxygen atoms in total. The molecule has 6 heteroatoms. The number of methoxy groups -OCH3 is 1. The number of carbonyl (C=O) groups is 2. The molecule has 114 valence electrons. The molecule has 1 fully saturated rings. The summed E-state index contributed by atoms with van der Waals surface area (Å²) in [6.07, 6.45) is 4.53. The third-order valence-electron chi connectivity index (χ3n) is 4.23. The van der Waals surface area contributed by atoms with Crippen molar-refractivity contribution in [2.45, 2.75) is 38.1 Å². The van der Waals surface area contributed by atoms with Crippen LogP contribution in [-0.2, 0) is 4.79 Å². The van der Waals surface area contributed by atoms with E-state index < -0.39 is 17.4 Å². The Kier molecular flexibility index (Phi) is 4.45. The molecule has 1 aromatic rings. The van der Waals surface area contributed by atoms with Crippen molar-refractivity contribution in [2.24, 2.45) is 5.92 Å². The number of pyridine rings is 1. The molecule has 2 N–H and O–H groups in total. The van der Waals surface area contributed by atoms with E-state index in [4.69, 9.17) is 4.74 Å². The molecule has 0 radical (unpaired) electrons. The van der Waals surface area contributed by atoms with Crippen molar-refractivity contribution >= 4 is 11.9 Å². The van der Waals surface area contributed by atoms with Gasteiger partial charge in [-0.25, -0.2) is 9.78 Å². The Morgan fingerprint density at radius 3 is 2.86 bits per heavy atom. The summed E-state index contributed by atoms with van der Waals surface area (Å²) in [6.45, 7) is 1.87. The van der Waals surface area contributed by atoms with Gasteiger partial charge in [0.15, 0.2) is 0 Å². The van der Waals surface area contributed by atoms with Crippen LogP contribution in [0, 0.1) is 5.92 Å². The smallest absolute Gasteiger partial charge is 0.329 e. The second-order valence-corrected chi connectivity index (χ2v) is 5.44. The zero-order valence-corrected chi connectivity index (χ0v) is 12.3. The average molecular weight is 292 g/mol. The molecule has 0 aliphatic heterocycles. The molecule has 2 atom stereocenters. The Balaban J connectivity index is 2.29. The second-order valence-electron chi connectivity index (χ2n) is 5.44. The highest BCUT2D eigenvalue weighted by molar-refractivity contribution is 5.99. The van der Waals surface area contributed by atoms with Crippen LogP contribution in [0.2, 0.25) is 0 Å². The Morgan fingerprint density at radius 2 is 2.24 bits per heavy atom. The lowest BCUT2D eigenvalue weighted by atomic mass is 9.73. The van der Waals surface area contributed by atoms with Gasteiger partial charge in [0.05, 0.1) is 7.11 Å². The fraction of sp³-hybridized carbons (Fsp3) is 0.533. The second kappa shape index (κ2) is 6.11. The van der Waals surface area contributed by atoms with Gasteiger partial charge >= 0.3 is 5.97 Å². The van der Waals surface area contributed by atoms with Crippen LogP contribution in [0.25, 0.3) is 0 Å². The van der Waals surface area contributed by atoms with Gasteiger partial charge in [0.1, 0.15) is 11.1 Å². The van der Waals surface area contributed by atoms with Crippen molar-refractivity contribution in [3.8, 4) is 5.88 Å². The number of aromatic nitrogens is 1. The molecule has 0 spiro atoms. The number of nitrogens with one attached hydrogen (secondary N) is 1. The molecule has 1 saturated carbocycles. The number of aliphatic carboxylic acids is 1. The van der Waals surface area contributed by atoms with Crippen molar-refractivity contribution in [1.82, 2.24) is 10.3 Å². The van der Waals surface area contributed by atoms with Gasteiger partial charge in [0, 0.05) is 6.20 Å². The van der Waals surface area contributed by atoms with E-state index in [1.54, 1.807) is 12.1 Å². The SMILES string of the molecule is COc1ncccc1C(=O)NC1(C(=O)O)CCCCC1C. The maximum atomic E-state index is 12.5. The van der Waals surface area contributed by atoms with Gasteiger partial charge < -0.3 is 15.2 Å². The fourth-order valence-corrected chi connectivity index (χ4v) is 2.90. The average Bonchev–Trinajstić information content (AvgIpc) is 2.49. The van der Waals surface area contributed by atoms with E-state index in [0.29, 0.717) is 6.42 Å². The zero-order valence-electron chi connectivity index (χ0n) is 12.3. The predicted octanol–water partition coefficient (Wildman–Crippen LogP) is 1.85. The maximum absolute atomic E-state index is 12.5. The summed E-state index contributed by atoms with van der Waals surface area (Å²) in [4.78, 5) is 28.2. The van der Waals surface area contributed by atoms with Crippen LogP contribution in [0.15, 0.2) is 18.3 Å². The maximum Gasteiger partial charge on any atom is 0.329 e. The number of hydrogen-bond acceptors (Lipinski definition) is 4. The summed E-state index contributed by atoms with van der Waals surface area (Å²) < 4.78 is 5.06. The predicted molar refractivity (Wildman–Crippen MR) is 76.3 cm³/mol. The summed E-state index contributed by atoms with van der Waals surface area (Å²) in [5.74, 6) is -1.36. The van der Waals surface area contributed by atoms with Crippen molar-refractivity contribution in [2.75, 3.05) is 7.11 Å². The number of ether oxygens (including phenoxy) is 1. The van der Waals surface area contributed by atoms with Crippen molar-refractivity contribution in [3.63, 3.8) is 0 Å². The summed E-state index contributed by atoms with van der Waals surface area (Å²) in [7, 11) is 1.43. The molecule has 2 rings (SSSR count). The number of rotatable bonds is 4. The van der Waals surface area contributed by atoms with E-state index in [1.165, 1.54) is 13.3 Å². The molecule has 1 heterocycles. The number of hydrogen-bond donors (Lipinski definition) is 2. The molecule has 0 aromatic carbocycles. The van der Waals surface area contributed by atoms with Gasteiger partial charge in [0.25, 0.3) is 5.91 Å². The first kappa shape index (κ1) is 15.3. The normalized spacial score (nSPS) is 25.1. The van der Waals surface area contributed by atoms with Gasteiger partial charge in [-0.3, -0.25) is 4.79 Å². The van der Waals surface area contributed by atoms with Crippen LogP contribution in [-0.4, -0.2) is 34.6 Å². The van der Waals surface area contributed by atoms with E-state index in [0.717, 1.165) is 19.3 Å². The van der Waals surface area contributed by atoms with Gasteiger partial charge in [-0.05, 0) is 30.9 Å². The summed E-state index contributed by atoms with van der Waals surface area (Å²) in [6, 6.07) is 3.19. The molecular formula is C15H20N2O4. The minimum absolute atomic E-state index is 0.115. The number of nitrogens with zero attached hydrogens (tertiary/aromatic N) is 1. The first-order valence-corrected chi connectivity index (χ1v) is 7.06. The summed E-state index contributed by atoms with van der Waals surface area (Å²) >= 11 is 0. The highest BCUT2D eigenvalue weighted by Gasteiger charge is 2.46. The van der Waals surface area contributed by atoms with Gasteiger partial charge in [-0.1, -0.05) is 19.8 Å². The molecule has 0 bridgehead atoms. The Labute approximate surface area is 123 Å². The largest absolute Gasteiger partial charge is 0.480 e. The Bertz CT molecular complexity index is 546. The molecular weight excluding hydrogens is 272 g/mol. The number of carbonyl (C=O) groups excluding carboxylic acids is 1. The van der Waals surface area contributed by atoms with Gasteiger partial charge in [0.2, 0.25) is 5.88 Å². The van der Waals surface area contributed by atoms with E-state index in [-0.39, 0.29) is 17.4 Å². The highest BCUT2D eigenvalue weighted by Crippen LogP contribution is 2.34. The molecule has 0 saturated heterocycles. The molecule has 1 aliphatic rings. The van der Waals surface area contributed by atoms with Gasteiger partial charge in [-0.15, -0.1) is 0 Å². The fourth-order valence-electron chi connectivity index (χ4n) is 2.90. The molecule has 2 unspecified atom stereocenters. The topological polar surface area (TPSA) is 88.5 Å². The van der Waals surface area contributed by atoms with Crippen LogP contribution >= 0.6 is 0 Å². The van der Waals surface area contributed by atoms with Crippen LogP contribution in [0.4, 0.5) is 0 Å². The lowest BCUT2D eigenvalue weighted by Crippen LogP contribution is -2.60. The third-order valence-corrected chi connectivity index (χ3v) is 4.23. The minimum Gasteiger partial charge on any atom is -0.480 e. The van der Waals surface area contributed by atoms with Crippen LogP contribution in [0.1, 0.15) is 43.0 Å². The quantitative estimate of drug-likeness (QED) is 0.884. The van der Waals surface area contributed by atoms with Gasteiger partial charge in [-0.2, -0.15) is 0 Å². The van der Waals surface area contributed by atoms with Crippen LogP contribution < -0.4 is 10.1 Å². The van der Waals surface area contributed by atoms with Crippen molar-refractivity contribution in [1.29, 1.82) is 0 Å². The summed E-state index contributed by atoms with van der Waals surface area (Å²) in [5.41, 5.74) is -0.964. The molecule has 1 aliphatic carbocycles. The highest BCUT2D eigenvalue weighted by atomic mass is 16.5. The zero-order chi connectivity index (χ0) is 15.5. The minimum atomic E-state index is -1.21. The lowest BCUT2D eigenvalue weighted by molar-refractivity contribution is -0.148. The Morgan fingerprint density at radius 1 is 1.48 bits per heavy atom. The van der Waals surface area contributed by atoms with Crippen molar-refractivity contribution < 1.29 is 19.4 Å². The van der Waals surface area contributed by atoms with E-state index >= 15 is 0 Å². The van der Waals surface area contributed by atoms with Crippen LogP contribution in [0.3, 0.4) is 0 Å². The third kappa shape index (κ3) is 2.84. The number of amides is 1. The number of carboxylic acid groups (broad SMARTS) is 1. The Hall–Kier alpha value is -2.11. The standard InChI is InChI=1S/C15H20N2O4/c1-10-6-3-4-8-15(10,14(19)20)17-12(18)11-7-5-9-16-13(11)21-2/h5,7,9-10H,3-4,6,8H2,1-2H3,(H,17,18)(H,19,20). The first-order valence-electron chi connectivity index (χ1n) is 7.06. The monoisotopic (exact) mass is 292 g/mol. The molecule has 21 heavy (non-hydrogen) atoms. The van der Waals surface area contributed by atoms with E-state index in [2.05, 4.69) is 10.3 Å². The summed E-state index contributed by atoms with van der Waals surface area (Å²) in [5, 5.41) is 12.3. The van der Waals surface area contributed by atoms with E-state index in [9.17, 15) is 14.7 Å². The molecule has 1 amide bonds. The first-order chi connectivity index (χ1) is 10.0. The number of carboxylic acids is 1. The lowest BCUT2D eigenvalue weighted by Gasteiger charge is -2.39. The van der Waals surface area contributed by atoms with E-state index in [1.807, 2.05) is 6.92 Å². The van der Waals surface area contributed by atoms with Crippen molar-refractivity contribution in [3.05, 3.63) is 23.9 Å².